The molecule has 0 spiro atoms. The second kappa shape index (κ2) is 9.15. The summed E-state index contributed by atoms with van der Waals surface area (Å²) in [5.74, 6) is 1.23. The molecule has 1 saturated heterocycles. The summed E-state index contributed by atoms with van der Waals surface area (Å²) in [6.07, 6.45) is 0. The number of nitrogens with one attached hydrogen (secondary N) is 2. The number of anilines is 1. The van der Waals surface area contributed by atoms with Crippen LogP contribution in [0.25, 0.3) is 0 Å². The molecular weight excluding hydrogens is 318 g/mol. The van der Waals surface area contributed by atoms with Gasteiger partial charge in [0.2, 0.25) is 5.91 Å². The first kappa shape index (κ1) is 18.9. The molecule has 1 amide bonds. The summed E-state index contributed by atoms with van der Waals surface area (Å²) < 4.78 is 0. The maximum Gasteiger partial charge on any atom is 0.222 e. The second-order valence-corrected chi connectivity index (χ2v) is 6.38. The number of amides is 1. The number of benzene rings is 1. The van der Waals surface area contributed by atoms with Crippen molar-refractivity contribution >= 4 is 17.6 Å². The highest BCUT2D eigenvalue weighted by Gasteiger charge is 2.21. The molecule has 3 N–H and O–H groups in total. The fourth-order valence-corrected chi connectivity index (χ4v) is 2.79. The molecular formula is C18H29N5O2. The first-order chi connectivity index (χ1) is 12.0. The van der Waals surface area contributed by atoms with Crippen LogP contribution in [-0.2, 0) is 4.79 Å². The topological polar surface area (TPSA) is 80.2 Å². The van der Waals surface area contributed by atoms with E-state index in [2.05, 4.69) is 25.4 Å². The molecule has 7 nitrogen and oxygen atoms in total. The van der Waals surface area contributed by atoms with Crippen molar-refractivity contribution in [3.63, 3.8) is 0 Å². The zero-order valence-corrected chi connectivity index (χ0v) is 15.3. The van der Waals surface area contributed by atoms with Crippen molar-refractivity contribution in [2.75, 3.05) is 51.2 Å². The normalized spacial score (nSPS) is 15.4. The zero-order valence-electron chi connectivity index (χ0n) is 15.3. The van der Waals surface area contributed by atoms with Crippen LogP contribution in [0, 0.1) is 5.92 Å². The number of rotatable bonds is 5. The van der Waals surface area contributed by atoms with Gasteiger partial charge in [0.1, 0.15) is 5.75 Å². The minimum Gasteiger partial charge on any atom is -0.506 e. The average molecular weight is 347 g/mol. The molecule has 1 heterocycles. The zero-order chi connectivity index (χ0) is 18.2. The summed E-state index contributed by atoms with van der Waals surface area (Å²) in [6, 6.07) is 7.43. The standard InChI is InChI=1S/C18H29N5O2/c1-14(2)17(25)20-8-9-21-18(19-3)23-12-10-22(11-13-23)15-6-4-5-7-16(15)24/h4-7,14,24H,8-13H2,1-3H3,(H,19,21)(H,20,25). The molecule has 0 radical (unpaired) electrons. The third kappa shape index (κ3) is 5.27. The van der Waals surface area contributed by atoms with Crippen molar-refractivity contribution in [2.24, 2.45) is 10.9 Å². The number of nitrogens with zero attached hydrogens (tertiary/aromatic N) is 3. The van der Waals surface area contributed by atoms with Gasteiger partial charge in [-0.2, -0.15) is 0 Å². The van der Waals surface area contributed by atoms with Crippen LogP contribution < -0.4 is 15.5 Å². The molecule has 2 rings (SSSR count). The minimum absolute atomic E-state index is 0.00166. The van der Waals surface area contributed by atoms with E-state index in [4.69, 9.17) is 0 Å². The lowest BCUT2D eigenvalue weighted by Crippen LogP contribution is -2.53. The highest BCUT2D eigenvalue weighted by atomic mass is 16.3. The van der Waals surface area contributed by atoms with Gasteiger partial charge in [0.25, 0.3) is 0 Å². The number of aromatic hydroxyl groups is 1. The molecule has 7 heteroatoms. The Morgan fingerprint density at radius 1 is 1.16 bits per heavy atom. The summed E-state index contributed by atoms with van der Waals surface area (Å²) in [7, 11) is 1.77. The monoisotopic (exact) mass is 347 g/mol. The Morgan fingerprint density at radius 2 is 1.80 bits per heavy atom. The van der Waals surface area contributed by atoms with Gasteiger partial charge in [-0.1, -0.05) is 26.0 Å². The quantitative estimate of drug-likeness (QED) is 0.418. The molecule has 0 unspecified atom stereocenters. The first-order valence-electron chi connectivity index (χ1n) is 8.79. The number of phenols is 1. The van der Waals surface area contributed by atoms with Crippen molar-refractivity contribution in [1.82, 2.24) is 15.5 Å². The van der Waals surface area contributed by atoms with Gasteiger partial charge >= 0.3 is 0 Å². The van der Waals surface area contributed by atoms with E-state index in [-0.39, 0.29) is 11.8 Å². The summed E-state index contributed by atoms with van der Waals surface area (Å²) in [5, 5.41) is 16.2. The van der Waals surface area contributed by atoms with Gasteiger partial charge < -0.3 is 25.5 Å². The molecule has 1 aromatic carbocycles. The number of guanidine groups is 1. The summed E-state index contributed by atoms with van der Waals surface area (Å²) in [6.45, 7) is 8.28. The SMILES string of the molecule is CN=C(NCCNC(=O)C(C)C)N1CCN(c2ccccc2O)CC1. The molecule has 1 aliphatic rings. The van der Waals surface area contributed by atoms with Crippen molar-refractivity contribution in [2.45, 2.75) is 13.8 Å². The number of carbonyl (C=O) groups excluding carboxylic acids is 1. The lowest BCUT2D eigenvalue weighted by Gasteiger charge is -2.37. The fraction of sp³-hybridized carbons (Fsp3) is 0.556. The van der Waals surface area contributed by atoms with E-state index in [1.165, 1.54) is 0 Å². The van der Waals surface area contributed by atoms with Crippen LogP contribution in [0.4, 0.5) is 5.69 Å². The molecule has 0 aliphatic carbocycles. The molecule has 138 valence electrons. The molecule has 0 saturated carbocycles. The second-order valence-electron chi connectivity index (χ2n) is 6.38. The molecule has 25 heavy (non-hydrogen) atoms. The minimum atomic E-state index is 0.00166. The number of hydrogen-bond donors (Lipinski definition) is 3. The lowest BCUT2D eigenvalue weighted by molar-refractivity contribution is -0.123. The van der Waals surface area contributed by atoms with Crippen LogP contribution in [0.3, 0.4) is 0 Å². The summed E-state index contributed by atoms with van der Waals surface area (Å²) in [5.41, 5.74) is 0.876. The van der Waals surface area contributed by atoms with Gasteiger partial charge in [-0.3, -0.25) is 9.79 Å². The van der Waals surface area contributed by atoms with Gasteiger partial charge in [-0.05, 0) is 12.1 Å². The van der Waals surface area contributed by atoms with Gasteiger partial charge in [0, 0.05) is 52.2 Å². The third-order valence-corrected chi connectivity index (χ3v) is 4.25. The third-order valence-electron chi connectivity index (χ3n) is 4.25. The molecule has 0 aromatic heterocycles. The van der Waals surface area contributed by atoms with Gasteiger partial charge in [-0.25, -0.2) is 0 Å². The maximum absolute atomic E-state index is 11.6. The Morgan fingerprint density at radius 3 is 2.40 bits per heavy atom. The molecule has 0 bridgehead atoms. The number of aliphatic imine (C=N–C) groups is 1. The average Bonchev–Trinajstić information content (AvgIpc) is 2.62. The Kier molecular flexibility index (Phi) is 6.91. The number of hydrogen-bond acceptors (Lipinski definition) is 4. The number of piperazine rings is 1. The summed E-state index contributed by atoms with van der Waals surface area (Å²) in [4.78, 5) is 20.3. The van der Waals surface area contributed by atoms with E-state index in [9.17, 15) is 9.90 Å². The largest absolute Gasteiger partial charge is 0.506 e. The van der Waals surface area contributed by atoms with E-state index < -0.39 is 0 Å². The highest BCUT2D eigenvalue weighted by molar-refractivity contribution is 5.80. The van der Waals surface area contributed by atoms with E-state index in [1.54, 1.807) is 13.1 Å². The smallest absolute Gasteiger partial charge is 0.222 e. The van der Waals surface area contributed by atoms with E-state index in [0.717, 1.165) is 37.8 Å². The van der Waals surface area contributed by atoms with E-state index in [0.29, 0.717) is 18.8 Å². The van der Waals surface area contributed by atoms with Crippen LogP contribution >= 0.6 is 0 Å². The first-order valence-corrected chi connectivity index (χ1v) is 8.79. The predicted molar refractivity (Wildman–Crippen MR) is 101 cm³/mol. The van der Waals surface area contributed by atoms with Gasteiger partial charge in [0.15, 0.2) is 5.96 Å². The fourth-order valence-electron chi connectivity index (χ4n) is 2.79. The van der Waals surface area contributed by atoms with Gasteiger partial charge in [0.05, 0.1) is 5.69 Å². The van der Waals surface area contributed by atoms with Crippen LogP contribution in [-0.4, -0.2) is 68.2 Å². The number of carbonyl (C=O) groups is 1. The molecule has 1 fully saturated rings. The lowest BCUT2D eigenvalue weighted by atomic mass is 10.2. The Bertz CT molecular complexity index is 595. The van der Waals surface area contributed by atoms with E-state index in [1.807, 2.05) is 32.0 Å². The maximum atomic E-state index is 11.6. The van der Waals surface area contributed by atoms with Crippen LogP contribution in [0.1, 0.15) is 13.8 Å². The van der Waals surface area contributed by atoms with Crippen molar-refractivity contribution in [3.8, 4) is 5.75 Å². The Hall–Kier alpha value is -2.44. The molecule has 1 aliphatic heterocycles. The van der Waals surface area contributed by atoms with Crippen molar-refractivity contribution < 1.29 is 9.90 Å². The summed E-state index contributed by atoms with van der Waals surface area (Å²) >= 11 is 0. The van der Waals surface area contributed by atoms with E-state index >= 15 is 0 Å². The number of phenolic OH excluding ortho intramolecular Hbond substituents is 1. The van der Waals surface area contributed by atoms with Crippen LogP contribution in [0.5, 0.6) is 5.75 Å². The molecule has 1 aromatic rings. The molecule has 0 atom stereocenters. The number of para-hydroxylation sites is 2. The predicted octanol–water partition coefficient (Wildman–Crippen LogP) is 0.862. The van der Waals surface area contributed by atoms with Crippen LogP contribution in [0.2, 0.25) is 0 Å². The van der Waals surface area contributed by atoms with Gasteiger partial charge in [-0.15, -0.1) is 0 Å². The van der Waals surface area contributed by atoms with Crippen LogP contribution in [0.15, 0.2) is 29.3 Å². The Balaban J connectivity index is 1.78. The van der Waals surface area contributed by atoms with Crippen molar-refractivity contribution in [1.29, 1.82) is 0 Å². The Labute approximate surface area is 149 Å². The highest BCUT2D eigenvalue weighted by Crippen LogP contribution is 2.27. The van der Waals surface area contributed by atoms with Crippen molar-refractivity contribution in [3.05, 3.63) is 24.3 Å².